The van der Waals surface area contributed by atoms with Crippen LogP contribution in [0.5, 0.6) is 0 Å². The van der Waals surface area contributed by atoms with Crippen molar-refractivity contribution in [1.29, 1.82) is 0 Å². The standard InChI is InChI=1S/C17H26N2O4/c1-17(2)10-8-18-14(13(10)17)15(21)19-11(16(22)23-3)7-9-5-4-6-12(9)20/h9-11,13-14,18H,4-8H2,1-3H3,(H,19,21)/t9-,10-,11-,13-,14-/m0/s1. The number of carbonyl (C=O) groups excluding carboxylic acids is 3. The zero-order valence-corrected chi connectivity index (χ0v) is 14.1. The third kappa shape index (κ3) is 2.89. The Morgan fingerprint density at radius 1 is 1.43 bits per heavy atom. The third-order valence-electron chi connectivity index (χ3n) is 6.09. The van der Waals surface area contributed by atoms with Crippen LogP contribution >= 0.6 is 0 Å². The van der Waals surface area contributed by atoms with Crippen molar-refractivity contribution in [2.75, 3.05) is 13.7 Å². The molecule has 2 saturated carbocycles. The van der Waals surface area contributed by atoms with Gasteiger partial charge in [-0.25, -0.2) is 4.79 Å². The molecule has 3 fully saturated rings. The number of amides is 1. The van der Waals surface area contributed by atoms with Gasteiger partial charge in [-0.1, -0.05) is 13.8 Å². The van der Waals surface area contributed by atoms with Crippen molar-refractivity contribution in [3.8, 4) is 0 Å². The summed E-state index contributed by atoms with van der Waals surface area (Å²) in [6.07, 6.45) is 2.59. The van der Waals surface area contributed by atoms with Crippen LogP contribution in [0, 0.1) is 23.2 Å². The molecule has 2 N–H and O–H groups in total. The molecule has 3 rings (SSSR count). The van der Waals surface area contributed by atoms with Crippen LogP contribution < -0.4 is 10.6 Å². The highest BCUT2D eigenvalue weighted by Gasteiger charge is 2.65. The van der Waals surface area contributed by atoms with Gasteiger partial charge in [0.15, 0.2) is 0 Å². The minimum Gasteiger partial charge on any atom is -0.467 e. The summed E-state index contributed by atoms with van der Waals surface area (Å²) in [5, 5.41) is 6.07. The summed E-state index contributed by atoms with van der Waals surface area (Å²) in [5.41, 5.74) is 0.190. The molecule has 0 unspecified atom stereocenters. The lowest BCUT2D eigenvalue weighted by atomic mass is 9.96. The SMILES string of the molecule is COC(=O)[C@H](C[C@@H]1CCCC1=O)NC(=O)[C@H]1NC[C@H]2[C@@H]1C2(C)C. The molecule has 0 bridgehead atoms. The van der Waals surface area contributed by atoms with Crippen LogP contribution in [-0.4, -0.2) is 43.4 Å². The van der Waals surface area contributed by atoms with Gasteiger partial charge in [-0.15, -0.1) is 0 Å². The molecule has 0 spiro atoms. The fourth-order valence-corrected chi connectivity index (χ4v) is 4.51. The van der Waals surface area contributed by atoms with Crippen LogP contribution in [0.3, 0.4) is 0 Å². The maximum absolute atomic E-state index is 12.6. The zero-order valence-electron chi connectivity index (χ0n) is 14.1. The number of hydrogen-bond acceptors (Lipinski definition) is 5. The Bertz CT molecular complexity index is 531. The average Bonchev–Trinajstić information content (AvgIpc) is 2.94. The van der Waals surface area contributed by atoms with Crippen LogP contribution in [-0.2, 0) is 19.1 Å². The molecule has 0 aromatic rings. The van der Waals surface area contributed by atoms with Gasteiger partial charge in [-0.2, -0.15) is 0 Å². The third-order valence-corrected chi connectivity index (χ3v) is 6.09. The Morgan fingerprint density at radius 2 is 2.17 bits per heavy atom. The lowest BCUT2D eigenvalue weighted by molar-refractivity contribution is -0.146. The Balaban J connectivity index is 1.63. The molecule has 6 nitrogen and oxygen atoms in total. The van der Waals surface area contributed by atoms with Crippen molar-refractivity contribution in [3.05, 3.63) is 0 Å². The normalized spacial score (nSPS) is 35.5. The molecule has 0 radical (unpaired) electrons. The first-order chi connectivity index (χ1) is 10.9. The predicted octanol–water partition coefficient (Wildman–Crippen LogP) is 0.648. The van der Waals surface area contributed by atoms with Gasteiger partial charge in [0.05, 0.1) is 13.2 Å². The van der Waals surface area contributed by atoms with Crippen LogP contribution in [0.4, 0.5) is 0 Å². The Morgan fingerprint density at radius 3 is 2.70 bits per heavy atom. The van der Waals surface area contributed by atoms with Crippen molar-refractivity contribution in [3.63, 3.8) is 0 Å². The molecule has 1 amide bonds. The zero-order chi connectivity index (χ0) is 16.8. The minimum atomic E-state index is -0.734. The molecule has 2 aliphatic carbocycles. The van der Waals surface area contributed by atoms with E-state index in [9.17, 15) is 14.4 Å². The van der Waals surface area contributed by atoms with E-state index in [0.717, 1.165) is 19.4 Å². The molecule has 1 heterocycles. The number of hydrogen-bond donors (Lipinski definition) is 2. The lowest BCUT2D eigenvalue weighted by Gasteiger charge is -2.23. The van der Waals surface area contributed by atoms with E-state index in [2.05, 4.69) is 24.5 Å². The summed E-state index contributed by atoms with van der Waals surface area (Å²) in [5.74, 6) is 0.295. The summed E-state index contributed by atoms with van der Waals surface area (Å²) in [6, 6.07) is -0.983. The number of ether oxygens (including phenoxy) is 1. The fraction of sp³-hybridized carbons (Fsp3) is 0.824. The van der Waals surface area contributed by atoms with Gasteiger partial charge in [0.1, 0.15) is 11.8 Å². The molecule has 128 valence electrons. The highest BCUT2D eigenvalue weighted by Crippen LogP contribution is 2.62. The van der Waals surface area contributed by atoms with Gasteiger partial charge in [-0.05, 0) is 43.1 Å². The van der Waals surface area contributed by atoms with Crippen molar-refractivity contribution < 1.29 is 19.1 Å². The smallest absolute Gasteiger partial charge is 0.328 e. The number of fused-ring (bicyclic) bond motifs is 1. The van der Waals surface area contributed by atoms with Gasteiger partial charge in [0.2, 0.25) is 5.91 Å². The first kappa shape index (κ1) is 16.4. The van der Waals surface area contributed by atoms with Gasteiger partial charge >= 0.3 is 5.97 Å². The average molecular weight is 322 g/mol. The van der Waals surface area contributed by atoms with E-state index in [1.54, 1.807) is 0 Å². The molecule has 23 heavy (non-hydrogen) atoms. The molecule has 1 aliphatic heterocycles. The maximum Gasteiger partial charge on any atom is 0.328 e. The summed E-state index contributed by atoms with van der Waals surface area (Å²) in [7, 11) is 1.31. The first-order valence-corrected chi connectivity index (χ1v) is 8.50. The van der Waals surface area contributed by atoms with Crippen molar-refractivity contribution in [2.45, 2.75) is 51.6 Å². The highest BCUT2D eigenvalue weighted by molar-refractivity contribution is 5.89. The molecule has 0 aromatic heterocycles. The minimum absolute atomic E-state index is 0.138. The second kappa shape index (κ2) is 5.89. The Hall–Kier alpha value is -1.43. The van der Waals surface area contributed by atoms with E-state index < -0.39 is 12.0 Å². The number of carbonyl (C=O) groups is 3. The number of piperidine rings is 1. The molecule has 3 aliphatic rings. The monoisotopic (exact) mass is 322 g/mol. The summed E-state index contributed by atoms with van der Waals surface area (Å²) < 4.78 is 4.81. The van der Waals surface area contributed by atoms with Crippen molar-refractivity contribution >= 4 is 17.7 Å². The van der Waals surface area contributed by atoms with E-state index in [-0.39, 0.29) is 29.1 Å². The van der Waals surface area contributed by atoms with E-state index in [0.29, 0.717) is 24.7 Å². The molecule has 1 saturated heterocycles. The quantitative estimate of drug-likeness (QED) is 0.726. The van der Waals surface area contributed by atoms with E-state index >= 15 is 0 Å². The number of rotatable bonds is 5. The van der Waals surface area contributed by atoms with E-state index in [1.807, 2.05) is 0 Å². The Labute approximate surface area is 136 Å². The van der Waals surface area contributed by atoms with E-state index in [1.165, 1.54) is 7.11 Å². The topological polar surface area (TPSA) is 84.5 Å². The first-order valence-electron chi connectivity index (χ1n) is 8.50. The summed E-state index contributed by atoms with van der Waals surface area (Å²) in [6.45, 7) is 5.20. The molecular formula is C17H26N2O4. The number of esters is 1. The molecule has 0 aromatic carbocycles. The van der Waals surface area contributed by atoms with Gasteiger partial charge in [0.25, 0.3) is 0 Å². The molecule has 5 atom stereocenters. The highest BCUT2D eigenvalue weighted by atomic mass is 16.5. The van der Waals surface area contributed by atoms with Crippen LogP contribution in [0.25, 0.3) is 0 Å². The van der Waals surface area contributed by atoms with Crippen LogP contribution in [0.2, 0.25) is 0 Å². The maximum atomic E-state index is 12.6. The number of nitrogens with one attached hydrogen (secondary N) is 2. The summed E-state index contributed by atoms with van der Waals surface area (Å²) >= 11 is 0. The second-order valence-corrected chi connectivity index (χ2v) is 7.72. The van der Waals surface area contributed by atoms with Crippen LogP contribution in [0.1, 0.15) is 39.5 Å². The number of methoxy groups -OCH3 is 1. The lowest BCUT2D eigenvalue weighted by Crippen LogP contribution is -2.51. The van der Waals surface area contributed by atoms with Crippen molar-refractivity contribution in [1.82, 2.24) is 10.6 Å². The largest absolute Gasteiger partial charge is 0.467 e. The van der Waals surface area contributed by atoms with Crippen molar-refractivity contribution in [2.24, 2.45) is 23.2 Å². The van der Waals surface area contributed by atoms with Gasteiger partial charge < -0.3 is 15.4 Å². The summed E-state index contributed by atoms with van der Waals surface area (Å²) in [4.78, 5) is 36.4. The number of ketones is 1. The molecular weight excluding hydrogens is 296 g/mol. The van der Waals surface area contributed by atoms with E-state index in [4.69, 9.17) is 4.74 Å². The predicted molar refractivity (Wildman–Crippen MR) is 83.5 cm³/mol. The fourth-order valence-electron chi connectivity index (χ4n) is 4.51. The van der Waals surface area contributed by atoms with Gasteiger partial charge in [0, 0.05) is 12.3 Å². The molecule has 6 heteroatoms. The Kier molecular flexibility index (Phi) is 4.21. The number of Topliss-reactive ketones (excluding diaryl/α,β-unsaturated/α-hetero) is 1. The van der Waals surface area contributed by atoms with Gasteiger partial charge in [-0.3, -0.25) is 9.59 Å². The van der Waals surface area contributed by atoms with Crippen LogP contribution in [0.15, 0.2) is 0 Å². The second-order valence-electron chi connectivity index (χ2n) is 7.72.